The largest absolute Gasteiger partial charge is 0.394 e. The number of halogens is 3. The number of benzene rings is 1. The normalized spacial score (nSPS) is 17.8. The van der Waals surface area contributed by atoms with E-state index >= 15 is 0 Å². The van der Waals surface area contributed by atoms with Crippen LogP contribution in [0.4, 0.5) is 4.39 Å². The molecule has 4 nitrogen and oxygen atoms in total. The second kappa shape index (κ2) is 4.61. The second-order valence-corrected chi connectivity index (χ2v) is 6.65. The molecule has 1 saturated carbocycles. The summed E-state index contributed by atoms with van der Waals surface area (Å²) in [6.45, 7) is -0.306. The highest BCUT2D eigenvalue weighted by molar-refractivity contribution is 7.89. The van der Waals surface area contributed by atoms with Gasteiger partial charge >= 0.3 is 0 Å². The summed E-state index contributed by atoms with van der Waals surface area (Å²) < 4.78 is 39.8. The third kappa shape index (κ3) is 2.48. The lowest BCUT2D eigenvalue weighted by Crippen LogP contribution is -2.39. The number of hydrogen-bond acceptors (Lipinski definition) is 3. The molecule has 0 bridgehead atoms. The molecule has 0 heterocycles. The van der Waals surface area contributed by atoms with Crippen molar-refractivity contribution in [1.29, 1.82) is 0 Å². The van der Waals surface area contributed by atoms with Crippen molar-refractivity contribution in [2.45, 2.75) is 23.3 Å². The van der Waals surface area contributed by atoms with E-state index in [-0.39, 0.29) is 16.5 Å². The van der Waals surface area contributed by atoms with Crippen molar-refractivity contribution in [3.8, 4) is 0 Å². The summed E-state index contributed by atoms with van der Waals surface area (Å²) in [5, 5.41) is 8.28. The number of rotatable bonds is 4. The fourth-order valence-corrected chi connectivity index (χ4v) is 3.70. The van der Waals surface area contributed by atoms with Crippen molar-refractivity contribution in [3.05, 3.63) is 28.0 Å². The lowest BCUT2D eigenvalue weighted by Gasteiger charge is -2.15. The monoisotopic (exact) mass is 313 g/mol. The average molecular weight is 314 g/mol. The van der Waals surface area contributed by atoms with Gasteiger partial charge in [-0.25, -0.2) is 17.5 Å². The Morgan fingerprint density at radius 2 is 2.00 bits per heavy atom. The first-order valence-electron chi connectivity index (χ1n) is 5.10. The molecule has 0 atom stereocenters. The van der Waals surface area contributed by atoms with E-state index in [1.165, 1.54) is 0 Å². The molecule has 1 aromatic rings. The van der Waals surface area contributed by atoms with E-state index in [2.05, 4.69) is 4.72 Å². The van der Waals surface area contributed by atoms with Gasteiger partial charge < -0.3 is 5.11 Å². The third-order valence-electron chi connectivity index (χ3n) is 2.80. The SMILES string of the molecule is O=S(=O)(NC1(CO)CC1)c1ccc(Cl)c(F)c1Cl. The topological polar surface area (TPSA) is 66.4 Å². The number of aliphatic hydroxyl groups is 1. The Kier molecular flexibility index (Phi) is 3.59. The van der Waals surface area contributed by atoms with Crippen LogP contribution in [0.25, 0.3) is 0 Å². The highest BCUT2D eigenvalue weighted by Gasteiger charge is 2.46. The van der Waals surface area contributed by atoms with Gasteiger partial charge in [0.25, 0.3) is 0 Å². The smallest absolute Gasteiger partial charge is 0.242 e. The minimum Gasteiger partial charge on any atom is -0.394 e. The van der Waals surface area contributed by atoms with Gasteiger partial charge in [-0.1, -0.05) is 23.2 Å². The molecule has 1 aromatic carbocycles. The van der Waals surface area contributed by atoms with Crippen LogP contribution in [-0.4, -0.2) is 25.7 Å². The maximum absolute atomic E-state index is 13.4. The highest BCUT2D eigenvalue weighted by Crippen LogP contribution is 2.37. The zero-order valence-corrected chi connectivity index (χ0v) is 11.4. The lowest BCUT2D eigenvalue weighted by molar-refractivity contribution is 0.246. The van der Waals surface area contributed by atoms with Gasteiger partial charge in [-0.05, 0) is 25.0 Å². The molecule has 1 fully saturated rings. The molecule has 0 aliphatic heterocycles. The summed E-state index contributed by atoms with van der Waals surface area (Å²) in [5.41, 5.74) is -0.835. The molecule has 0 aromatic heterocycles. The van der Waals surface area contributed by atoms with Gasteiger partial charge in [-0.2, -0.15) is 0 Å². The van der Waals surface area contributed by atoms with E-state index in [0.717, 1.165) is 12.1 Å². The molecule has 0 saturated heterocycles. The van der Waals surface area contributed by atoms with Crippen LogP contribution in [0.3, 0.4) is 0 Å². The van der Waals surface area contributed by atoms with Gasteiger partial charge in [0.2, 0.25) is 10.0 Å². The van der Waals surface area contributed by atoms with Crippen molar-refractivity contribution in [1.82, 2.24) is 4.72 Å². The molecule has 2 N–H and O–H groups in total. The Bertz CT molecular complexity index is 587. The minimum absolute atomic E-state index is 0.248. The first kappa shape index (κ1) is 14.0. The molecule has 0 unspecified atom stereocenters. The van der Waals surface area contributed by atoms with Crippen LogP contribution < -0.4 is 4.72 Å². The Hall–Kier alpha value is -0.400. The standard InChI is InChI=1S/C10H10Cl2FNO3S/c11-6-1-2-7(8(12)9(6)13)18(16,17)14-10(5-15)3-4-10/h1-2,14-15H,3-5H2. The van der Waals surface area contributed by atoms with Crippen molar-refractivity contribution < 1.29 is 17.9 Å². The predicted octanol–water partition coefficient (Wildman–Crippen LogP) is 1.94. The van der Waals surface area contributed by atoms with Gasteiger partial charge in [0.05, 0.1) is 22.2 Å². The summed E-state index contributed by atoms with van der Waals surface area (Å²) in [7, 11) is -3.98. The molecular formula is C10H10Cl2FNO3S. The quantitative estimate of drug-likeness (QED) is 0.835. The van der Waals surface area contributed by atoms with E-state index in [1.807, 2.05) is 0 Å². The zero-order chi connectivity index (χ0) is 13.6. The molecule has 1 aliphatic rings. The maximum atomic E-state index is 13.4. The van der Waals surface area contributed by atoms with Crippen molar-refractivity contribution in [2.75, 3.05) is 6.61 Å². The van der Waals surface area contributed by atoms with E-state index in [0.29, 0.717) is 12.8 Å². The Morgan fingerprint density at radius 3 is 2.50 bits per heavy atom. The summed E-state index contributed by atoms with van der Waals surface area (Å²) >= 11 is 11.1. The highest BCUT2D eigenvalue weighted by atomic mass is 35.5. The number of nitrogens with one attached hydrogen (secondary N) is 1. The Labute approximate surface area is 114 Å². The van der Waals surface area contributed by atoms with Crippen LogP contribution in [0.2, 0.25) is 10.0 Å². The number of aliphatic hydroxyl groups excluding tert-OH is 1. The molecule has 1 aliphatic carbocycles. The van der Waals surface area contributed by atoms with Crippen LogP contribution in [0.1, 0.15) is 12.8 Å². The zero-order valence-electron chi connectivity index (χ0n) is 9.08. The van der Waals surface area contributed by atoms with Gasteiger partial charge in [0, 0.05) is 0 Å². The maximum Gasteiger partial charge on any atom is 0.242 e. The average Bonchev–Trinajstić information content (AvgIpc) is 3.05. The fourth-order valence-electron chi connectivity index (χ4n) is 1.50. The molecule has 0 spiro atoms. The van der Waals surface area contributed by atoms with Crippen molar-refractivity contribution >= 4 is 33.2 Å². The molecule has 18 heavy (non-hydrogen) atoms. The molecule has 8 heteroatoms. The third-order valence-corrected chi connectivity index (χ3v) is 5.19. The van der Waals surface area contributed by atoms with Crippen LogP contribution in [-0.2, 0) is 10.0 Å². The first-order chi connectivity index (χ1) is 8.31. The fraction of sp³-hybridized carbons (Fsp3) is 0.400. The van der Waals surface area contributed by atoms with Crippen LogP contribution in [0.5, 0.6) is 0 Å². The van der Waals surface area contributed by atoms with Gasteiger partial charge in [-0.3, -0.25) is 0 Å². The van der Waals surface area contributed by atoms with E-state index in [1.54, 1.807) is 0 Å². The number of hydrogen-bond donors (Lipinski definition) is 2. The molecule has 0 amide bonds. The van der Waals surface area contributed by atoms with E-state index < -0.39 is 26.4 Å². The van der Waals surface area contributed by atoms with Gasteiger partial charge in [0.1, 0.15) is 4.90 Å². The summed E-state index contributed by atoms with van der Waals surface area (Å²) in [4.78, 5) is -0.384. The van der Waals surface area contributed by atoms with E-state index in [9.17, 15) is 12.8 Å². The van der Waals surface area contributed by atoms with Crippen LogP contribution >= 0.6 is 23.2 Å². The van der Waals surface area contributed by atoms with Crippen molar-refractivity contribution in [2.24, 2.45) is 0 Å². The van der Waals surface area contributed by atoms with Crippen LogP contribution in [0.15, 0.2) is 17.0 Å². The van der Waals surface area contributed by atoms with E-state index in [4.69, 9.17) is 28.3 Å². The van der Waals surface area contributed by atoms with Crippen molar-refractivity contribution in [3.63, 3.8) is 0 Å². The van der Waals surface area contributed by atoms with Crippen LogP contribution in [0, 0.1) is 5.82 Å². The summed E-state index contributed by atoms with van der Waals surface area (Å²) in [5.74, 6) is -0.977. The first-order valence-corrected chi connectivity index (χ1v) is 7.34. The molecule has 2 rings (SSSR count). The lowest BCUT2D eigenvalue weighted by atomic mass is 10.3. The second-order valence-electron chi connectivity index (χ2n) is 4.22. The predicted molar refractivity (Wildman–Crippen MR) is 65.8 cm³/mol. The summed E-state index contributed by atoms with van der Waals surface area (Å²) in [6, 6.07) is 2.25. The van der Waals surface area contributed by atoms with Gasteiger partial charge in [-0.15, -0.1) is 0 Å². The molecule has 100 valence electrons. The summed E-state index contributed by atoms with van der Waals surface area (Å²) in [6.07, 6.45) is 1.08. The number of sulfonamides is 1. The molecular weight excluding hydrogens is 304 g/mol. The molecule has 0 radical (unpaired) electrons. The minimum atomic E-state index is -3.98. The Morgan fingerprint density at radius 1 is 1.39 bits per heavy atom. The van der Waals surface area contributed by atoms with Gasteiger partial charge in [0.15, 0.2) is 5.82 Å². The Balaban J connectivity index is 2.39.